The number of nitrogens with one attached hydrogen (secondary N) is 1. The molecule has 1 aromatic heterocycles. The molecule has 32 heavy (non-hydrogen) atoms. The number of halogens is 1. The Bertz CT molecular complexity index is 1090. The van der Waals surface area contributed by atoms with E-state index >= 15 is 0 Å². The Hall–Kier alpha value is -3.81. The quantitative estimate of drug-likeness (QED) is 0.666. The third-order valence-corrected chi connectivity index (χ3v) is 5.48. The van der Waals surface area contributed by atoms with Gasteiger partial charge in [0.15, 0.2) is 0 Å². The van der Waals surface area contributed by atoms with Crippen LogP contribution in [-0.2, 0) is 0 Å². The van der Waals surface area contributed by atoms with E-state index in [0.29, 0.717) is 48.6 Å². The van der Waals surface area contributed by atoms with E-state index in [1.54, 1.807) is 29.2 Å². The van der Waals surface area contributed by atoms with Gasteiger partial charge in [-0.05, 0) is 55.3 Å². The van der Waals surface area contributed by atoms with E-state index in [0.717, 1.165) is 5.56 Å². The van der Waals surface area contributed by atoms with Crippen LogP contribution in [0, 0.1) is 5.82 Å². The molecule has 0 unspecified atom stereocenters. The highest BCUT2D eigenvalue weighted by Crippen LogP contribution is 2.21. The number of ether oxygens (including phenoxy) is 1. The number of carbonyl (C=O) groups excluding carboxylic acids is 2. The summed E-state index contributed by atoms with van der Waals surface area (Å²) in [5, 5.41) is 11.1. The van der Waals surface area contributed by atoms with Gasteiger partial charge in [0.1, 0.15) is 5.82 Å². The third-order valence-electron chi connectivity index (χ3n) is 5.48. The molecule has 1 aliphatic rings. The largest absolute Gasteiger partial charge is 0.480 e. The number of amides is 2. The van der Waals surface area contributed by atoms with Crippen molar-refractivity contribution in [2.75, 3.05) is 20.2 Å². The minimum Gasteiger partial charge on any atom is -0.480 e. The zero-order chi connectivity index (χ0) is 22.5. The van der Waals surface area contributed by atoms with E-state index in [9.17, 15) is 14.0 Å². The van der Waals surface area contributed by atoms with Crippen molar-refractivity contribution in [3.63, 3.8) is 0 Å². The van der Waals surface area contributed by atoms with Gasteiger partial charge in [-0.1, -0.05) is 12.1 Å². The van der Waals surface area contributed by atoms with Crippen LogP contribution in [0.5, 0.6) is 5.88 Å². The van der Waals surface area contributed by atoms with Crippen molar-refractivity contribution < 1.29 is 18.7 Å². The van der Waals surface area contributed by atoms with Crippen LogP contribution >= 0.6 is 0 Å². The summed E-state index contributed by atoms with van der Waals surface area (Å²) < 4.78 is 18.1. The van der Waals surface area contributed by atoms with Crippen molar-refractivity contribution in [1.82, 2.24) is 20.4 Å². The Labute approximate surface area is 185 Å². The summed E-state index contributed by atoms with van der Waals surface area (Å²) in [5.74, 6) is -0.244. The van der Waals surface area contributed by atoms with Crippen molar-refractivity contribution >= 4 is 11.8 Å². The molecule has 0 spiro atoms. The van der Waals surface area contributed by atoms with Crippen LogP contribution < -0.4 is 10.1 Å². The summed E-state index contributed by atoms with van der Waals surface area (Å²) in [6.45, 7) is 1.08. The average molecular weight is 434 g/mol. The van der Waals surface area contributed by atoms with Crippen molar-refractivity contribution in [2.24, 2.45) is 0 Å². The van der Waals surface area contributed by atoms with Crippen LogP contribution in [0.2, 0.25) is 0 Å². The Morgan fingerprint density at radius 2 is 1.75 bits per heavy atom. The Balaban J connectivity index is 1.36. The summed E-state index contributed by atoms with van der Waals surface area (Å²) in [7, 11) is 1.53. The highest BCUT2D eigenvalue weighted by atomic mass is 19.1. The van der Waals surface area contributed by atoms with E-state index in [2.05, 4.69) is 15.5 Å². The summed E-state index contributed by atoms with van der Waals surface area (Å²) in [5.41, 5.74) is 2.45. The monoisotopic (exact) mass is 434 g/mol. The molecular formula is C24H23FN4O3. The minimum absolute atomic E-state index is 0.0301. The van der Waals surface area contributed by atoms with Crippen LogP contribution in [0.3, 0.4) is 0 Å². The van der Waals surface area contributed by atoms with Gasteiger partial charge in [0.05, 0.1) is 12.8 Å². The lowest BCUT2D eigenvalue weighted by molar-refractivity contribution is 0.0698. The number of piperidine rings is 1. The number of nitrogens with zero attached hydrogens (tertiary/aromatic N) is 3. The fourth-order valence-electron chi connectivity index (χ4n) is 3.67. The summed E-state index contributed by atoms with van der Waals surface area (Å²) >= 11 is 0. The average Bonchev–Trinajstić information content (AvgIpc) is 2.84. The topological polar surface area (TPSA) is 84.4 Å². The van der Waals surface area contributed by atoms with Crippen LogP contribution in [-0.4, -0.2) is 53.2 Å². The standard InChI is InChI=1S/C24H23FN4O3/c1-32-22-10-9-21(27-28-22)17-3-2-4-18(15-17)24(31)29-13-11-20(12-14-29)26-23(30)16-5-7-19(25)8-6-16/h2-10,15,20H,11-14H2,1H3,(H,26,30). The predicted molar refractivity (Wildman–Crippen MR) is 117 cm³/mol. The first-order valence-electron chi connectivity index (χ1n) is 10.4. The maximum Gasteiger partial charge on any atom is 0.253 e. The lowest BCUT2D eigenvalue weighted by Gasteiger charge is -2.32. The predicted octanol–water partition coefficient (Wildman–Crippen LogP) is 3.33. The van der Waals surface area contributed by atoms with E-state index in [4.69, 9.17) is 4.74 Å². The maximum atomic E-state index is 13.0. The molecule has 7 nitrogen and oxygen atoms in total. The molecule has 1 fully saturated rings. The molecule has 0 saturated carbocycles. The van der Waals surface area contributed by atoms with Gasteiger partial charge >= 0.3 is 0 Å². The highest BCUT2D eigenvalue weighted by Gasteiger charge is 2.25. The number of aromatic nitrogens is 2. The lowest BCUT2D eigenvalue weighted by atomic mass is 10.0. The molecular weight excluding hydrogens is 411 g/mol. The third kappa shape index (κ3) is 4.91. The van der Waals surface area contributed by atoms with Gasteiger partial charge in [-0.25, -0.2) is 4.39 Å². The van der Waals surface area contributed by atoms with Gasteiger partial charge in [0, 0.05) is 41.9 Å². The van der Waals surface area contributed by atoms with Crippen molar-refractivity contribution in [2.45, 2.75) is 18.9 Å². The Morgan fingerprint density at radius 3 is 2.41 bits per heavy atom. The second-order valence-corrected chi connectivity index (χ2v) is 7.59. The molecule has 1 N–H and O–H groups in total. The van der Waals surface area contributed by atoms with Gasteiger partial charge < -0.3 is 15.0 Å². The van der Waals surface area contributed by atoms with Crippen LogP contribution in [0.1, 0.15) is 33.6 Å². The van der Waals surface area contributed by atoms with Gasteiger partial charge in [-0.15, -0.1) is 10.2 Å². The highest BCUT2D eigenvalue weighted by molar-refractivity contribution is 5.96. The number of hydrogen-bond donors (Lipinski definition) is 1. The molecule has 0 atom stereocenters. The molecule has 0 bridgehead atoms. The fraction of sp³-hybridized carbons (Fsp3) is 0.250. The Morgan fingerprint density at radius 1 is 1.00 bits per heavy atom. The number of methoxy groups -OCH3 is 1. The molecule has 3 aromatic rings. The van der Waals surface area contributed by atoms with Gasteiger partial charge in [0.2, 0.25) is 5.88 Å². The molecule has 164 valence electrons. The molecule has 2 heterocycles. The number of hydrogen-bond acceptors (Lipinski definition) is 5. The first kappa shape index (κ1) is 21.4. The van der Waals surface area contributed by atoms with E-state index in [-0.39, 0.29) is 23.7 Å². The number of benzene rings is 2. The van der Waals surface area contributed by atoms with E-state index in [1.807, 2.05) is 12.1 Å². The number of likely N-dealkylation sites (tertiary alicyclic amines) is 1. The van der Waals surface area contributed by atoms with Crippen molar-refractivity contribution in [1.29, 1.82) is 0 Å². The Kier molecular flexibility index (Phi) is 6.39. The molecule has 4 rings (SSSR count). The first-order chi connectivity index (χ1) is 15.5. The van der Waals surface area contributed by atoms with E-state index in [1.165, 1.54) is 31.4 Å². The summed E-state index contributed by atoms with van der Waals surface area (Å²) in [4.78, 5) is 27.1. The van der Waals surface area contributed by atoms with Gasteiger partial charge in [-0.2, -0.15) is 0 Å². The first-order valence-corrected chi connectivity index (χ1v) is 10.4. The van der Waals surface area contributed by atoms with Crippen molar-refractivity contribution in [3.05, 3.63) is 77.6 Å². The second-order valence-electron chi connectivity index (χ2n) is 7.59. The fourth-order valence-corrected chi connectivity index (χ4v) is 3.67. The summed E-state index contributed by atoms with van der Waals surface area (Å²) in [6, 6.07) is 16.2. The molecule has 1 aliphatic heterocycles. The zero-order valence-electron chi connectivity index (χ0n) is 17.6. The van der Waals surface area contributed by atoms with Crippen molar-refractivity contribution in [3.8, 4) is 17.1 Å². The van der Waals surface area contributed by atoms with Crippen LogP contribution in [0.15, 0.2) is 60.7 Å². The lowest BCUT2D eigenvalue weighted by Crippen LogP contribution is -2.46. The molecule has 0 aliphatic carbocycles. The van der Waals surface area contributed by atoms with E-state index < -0.39 is 0 Å². The number of rotatable bonds is 5. The smallest absolute Gasteiger partial charge is 0.253 e. The molecule has 2 aromatic carbocycles. The molecule has 1 saturated heterocycles. The summed E-state index contributed by atoms with van der Waals surface area (Å²) in [6.07, 6.45) is 1.31. The second kappa shape index (κ2) is 9.55. The normalized spacial score (nSPS) is 14.1. The van der Waals surface area contributed by atoms with Gasteiger partial charge in [-0.3, -0.25) is 9.59 Å². The number of carbonyl (C=O) groups is 2. The SMILES string of the molecule is COc1ccc(-c2cccc(C(=O)N3CCC(NC(=O)c4ccc(F)cc4)CC3)c2)nn1. The minimum atomic E-state index is -0.378. The molecule has 8 heteroatoms. The molecule has 2 amide bonds. The van der Waals surface area contributed by atoms with Crippen LogP contribution in [0.4, 0.5) is 4.39 Å². The van der Waals surface area contributed by atoms with Gasteiger partial charge in [0.25, 0.3) is 11.8 Å². The zero-order valence-corrected chi connectivity index (χ0v) is 17.6. The van der Waals surface area contributed by atoms with Crippen LogP contribution in [0.25, 0.3) is 11.3 Å². The maximum absolute atomic E-state index is 13.0. The molecule has 0 radical (unpaired) electrons.